The summed E-state index contributed by atoms with van der Waals surface area (Å²) in [5, 5.41) is 23.2. The van der Waals surface area contributed by atoms with Gasteiger partial charge in [-0.1, -0.05) is 281 Å². The van der Waals surface area contributed by atoms with E-state index in [1.54, 1.807) is 6.08 Å². The van der Waals surface area contributed by atoms with Gasteiger partial charge in [0.25, 0.3) is 0 Å². The Morgan fingerprint density at radius 3 is 1.15 bits per heavy atom. The Balaban J connectivity index is 3.49. The number of carbonyl (C=O) groups is 2. The number of rotatable bonds is 56. The van der Waals surface area contributed by atoms with Crippen LogP contribution >= 0.6 is 0 Å². The second-order valence-corrected chi connectivity index (χ2v) is 20.7. The predicted octanol–water partition coefficient (Wildman–Crippen LogP) is 18.8. The zero-order valence-electron chi connectivity index (χ0n) is 45.6. The molecule has 0 bridgehead atoms. The van der Waals surface area contributed by atoms with E-state index in [9.17, 15) is 19.8 Å². The second-order valence-electron chi connectivity index (χ2n) is 20.7. The van der Waals surface area contributed by atoms with Crippen LogP contribution in [0.15, 0.2) is 36.5 Å². The predicted molar refractivity (Wildman–Crippen MR) is 296 cm³/mol. The first-order chi connectivity index (χ1) is 33.5. The van der Waals surface area contributed by atoms with E-state index in [0.717, 1.165) is 64.2 Å². The van der Waals surface area contributed by atoms with E-state index in [1.165, 1.54) is 231 Å². The Morgan fingerprint density at radius 1 is 0.412 bits per heavy atom. The summed E-state index contributed by atoms with van der Waals surface area (Å²) >= 11 is 0. The number of hydrogen-bond acceptors (Lipinski definition) is 5. The summed E-state index contributed by atoms with van der Waals surface area (Å²) in [5.41, 5.74) is 0. The fourth-order valence-corrected chi connectivity index (χ4v) is 9.25. The first-order valence-corrected chi connectivity index (χ1v) is 30.3. The van der Waals surface area contributed by atoms with Crippen LogP contribution in [0.4, 0.5) is 0 Å². The summed E-state index contributed by atoms with van der Waals surface area (Å²) in [6.07, 6.45) is 71.7. The lowest BCUT2D eigenvalue weighted by Crippen LogP contribution is -2.45. The molecule has 68 heavy (non-hydrogen) atoms. The molecule has 2 unspecified atom stereocenters. The van der Waals surface area contributed by atoms with Gasteiger partial charge in [-0.3, -0.25) is 9.59 Å². The molecule has 0 fully saturated rings. The summed E-state index contributed by atoms with van der Waals surface area (Å²) in [6, 6.07) is -0.644. The highest BCUT2D eigenvalue weighted by atomic mass is 16.5. The molecular formula is C62H117NO5. The summed E-state index contributed by atoms with van der Waals surface area (Å²) in [7, 11) is 0. The van der Waals surface area contributed by atoms with Crippen molar-refractivity contribution in [2.24, 2.45) is 0 Å². The second kappa shape index (κ2) is 57.7. The van der Waals surface area contributed by atoms with Crippen molar-refractivity contribution in [2.75, 3.05) is 13.2 Å². The average molecular weight is 957 g/mol. The minimum absolute atomic E-state index is 0.0226. The number of carbonyl (C=O) groups excluding carboxylic acids is 2. The summed E-state index contributed by atoms with van der Waals surface area (Å²) < 4.78 is 5.47. The largest absolute Gasteiger partial charge is 0.466 e. The SMILES string of the molecule is CCCCC/C=C\C/C=C\CCCCCCCCCC(=O)OCCCCCCCCCCCCCC(=O)NC(CO)C(O)/C=C/CCCCCCCCCCCCCCCCCCCCCCC. The van der Waals surface area contributed by atoms with E-state index in [1.807, 2.05) is 6.08 Å². The molecule has 6 heteroatoms. The molecule has 3 N–H and O–H groups in total. The third-order valence-electron chi connectivity index (χ3n) is 13.9. The van der Waals surface area contributed by atoms with Crippen LogP contribution in [0.5, 0.6) is 0 Å². The topological polar surface area (TPSA) is 95.9 Å². The molecule has 0 aromatic carbocycles. The van der Waals surface area contributed by atoms with E-state index < -0.39 is 12.1 Å². The molecule has 6 nitrogen and oxygen atoms in total. The lowest BCUT2D eigenvalue weighted by Gasteiger charge is -2.20. The zero-order valence-corrected chi connectivity index (χ0v) is 45.6. The van der Waals surface area contributed by atoms with Gasteiger partial charge in [0, 0.05) is 12.8 Å². The van der Waals surface area contributed by atoms with Crippen molar-refractivity contribution >= 4 is 11.9 Å². The van der Waals surface area contributed by atoms with Gasteiger partial charge in [0.15, 0.2) is 0 Å². The molecule has 400 valence electrons. The molecule has 0 aliphatic rings. The Labute approximate surface area is 424 Å². The highest BCUT2D eigenvalue weighted by molar-refractivity contribution is 5.76. The number of aliphatic hydroxyl groups excluding tert-OH is 2. The monoisotopic (exact) mass is 956 g/mol. The van der Waals surface area contributed by atoms with Crippen LogP contribution in [0.3, 0.4) is 0 Å². The van der Waals surface area contributed by atoms with E-state index in [2.05, 4.69) is 43.5 Å². The number of aliphatic hydroxyl groups is 2. The molecular weight excluding hydrogens is 839 g/mol. The van der Waals surface area contributed by atoms with Crippen molar-refractivity contribution in [3.63, 3.8) is 0 Å². The Kier molecular flexibility index (Phi) is 56.0. The van der Waals surface area contributed by atoms with Crippen LogP contribution in [0.1, 0.15) is 322 Å². The molecule has 0 heterocycles. The highest BCUT2D eigenvalue weighted by Crippen LogP contribution is 2.17. The molecule has 0 saturated carbocycles. The molecule has 0 aromatic rings. The summed E-state index contributed by atoms with van der Waals surface area (Å²) in [5.74, 6) is -0.107. The quantitative estimate of drug-likeness (QED) is 0.0321. The Morgan fingerprint density at radius 2 is 0.735 bits per heavy atom. The van der Waals surface area contributed by atoms with Crippen LogP contribution in [0.2, 0.25) is 0 Å². The van der Waals surface area contributed by atoms with Gasteiger partial charge in [0.05, 0.1) is 25.4 Å². The van der Waals surface area contributed by atoms with Gasteiger partial charge in [-0.15, -0.1) is 0 Å². The van der Waals surface area contributed by atoms with Crippen molar-refractivity contribution in [3.8, 4) is 0 Å². The Bertz CT molecular complexity index is 1100. The van der Waals surface area contributed by atoms with Gasteiger partial charge in [-0.05, 0) is 64.2 Å². The number of nitrogens with one attached hydrogen (secondary N) is 1. The smallest absolute Gasteiger partial charge is 0.305 e. The highest BCUT2D eigenvalue weighted by Gasteiger charge is 2.18. The van der Waals surface area contributed by atoms with E-state index in [0.29, 0.717) is 19.4 Å². The molecule has 0 radical (unpaired) electrons. The van der Waals surface area contributed by atoms with Crippen molar-refractivity contribution in [1.82, 2.24) is 5.32 Å². The van der Waals surface area contributed by atoms with Crippen LogP contribution in [-0.4, -0.2) is 47.4 Å². The number of allylic oxidation sites excluding steroid dienone is 5. The molecule has 2 atom stereocenters. The molecule has 0 aromatic heterocycles. The maximum absolute atomic E-state index is 12.5. The zero-order chi connectivity index (χ0) is 49.3. The van der Waals surface area contributed by atoms with Crippen LogP contribution in [0, 0.1) is 0 Å². The van der Waals surface area contributed by atoms with Crippen LogP contribution in [0.25, 0.3) is 0 Å². The van der Waals surface area contributed by atoms with E-state index in [4.69, 9.17) is 4.74 Å². The van der Waals surface area contributed by atoms with Gasteiger partial charge in [0.2, 0.25) is 5.91 Å². The van der Waals surface area contributed by atoms with Gasteiger partial charge < -0.3 is 20.3 Å². The van der Waals surface area contributed by atoms with Crippen LogP contribution in [-0.2, 0) is 14.3 Å². The Hall–Kier alpha value is -1.92. The van der Waals surface area contributed by atoms with Gasteiger partial charge in [-0.25, -0.2) is 0 Å². The minimum atomic E-state index is -0.859. The summed E-state index contributed by atoms with van der Waals surface area (Å²) in [4.78, 5) is 24.6. The lowest BCUT2D eigenvalue weighted by molar-refractivity contribution is -0.143. The fraction of sp³-hybridized carbons (Fsp3) is 0.871. The molecule has 0 rings (SSSR count). The van der Waals surface area contributed by atoms with Crippen molar-refractivity contribution in [2.45, 2.75) is 334 Å². The summed E-state index contributed by atoms with van der Waals surface area (Å²) in [6.45, 7) is 4.85. The maximum Gasteiger partial charge on any atom is 0.305 e. The fourth-order valence-electron chi connectivity index (χ4n) is 9.25. The average Bonchev–Trinajstić information content (AvgIpc) is 3.34. The maximum atomic E-state index is 12.5. The van der Waals surface area contributed by atoms with Gasteiger partial charge in [0.1, 0.15) is 0 Å². The molecule has 0 spiro atoms. The molecule has 0 aliphatic heterocycles. The number of hydrogen-bond donors (Lipinski definition) is 3. The number of esters is 1. The number of ether oxygens (including phenoxy) is 1. The number of amides is 1. The first kappa shape index (κ1) is 66.1. The number of unbranched alkanes of at least 4 members (excludes halogenated alkanes) is 41. The van der Waals surface area contributed by atoms with Crippen molar-refractivity contribution < 1.29 is 24.5 Å². The standard InChI is InChI=1S/C62H117NO5/c1-3-5-7-9-11-13-15-17-19-21-22-23-24-25-26-28-29-31-34-38-42-46-50-54-60(65)59(58-64)63-61(66)55-51-47-43-39-35-33-37-41-45-49-53-57-68-62(67)56-52-48-44-40-36-32-30-27-20-18-16-14-12-10-8-6-4-2/h12,14,18,20,50,54,59-60,64-65H,3-11,13,15-17,19,21-49,51-53,55-58H2,1-2H3,(H,63,66)/b14-12-,20-18-,54-50+. The van der Waals surface area contributed by atoms with E-state index in [-0.39, 0.29) is 18.5 Å². The van der Waals surface area contributed by atoms with Crippen LogP contribution < -0.4 is 5.32 Å². The lowest BCUT2D eigenvalue weighted by atomic mass is 10.0. The molecule has 1 amide bonds. The van der Waals surface area contributed by atoms with Crippen molar-refractivity contribution in [1.29, 1.82) is 0 Å². The first-order valence-electron chi connectivity index (χ1n) is 30.3. The van der Waals surface area contributed by atoms with Gasteiger partial charge >= 0.3 is 5.97 Å². The third-order valence-corrected chi connectivity index (χ3v) is 13.9. The normalized spacial score (nSPS) is 12.8. The van der Waals surface area contributed by atoms with E-state index >= 15 is 0 Å². The van der Waals surface area contributed by atoms with Crippen molar-refractivity contribution in [3.05, 3.63) is 36.5 Å². The van der Waals surface area contributed by atoms with Gasteiger partial charge in [-0.2, -0.15) is 0 Å². The molecule has 0 saturated heterocycles. The minimum Gasteiger partial charge on any atom is -0.466 e. The molecule has 0 aliphatic carbocycles. The third kappa shape index (κ3) is 53.4.